The van der Waals surface area contributed by atoms with Crippen LogP contribution in [-0.2, 0) is 0 Å². The van der Waals surface area contributed by atoms with Gasteiger partial charge in [0.1, 0.15) is 17.7 Å². The molecule has 1 heterocycles. The highest BCUT2D eigenvalue weighted by Gasteiger charge is 1.98. The number of benzene rings is 1. The van der Waals surface area contributed by atoms with E-state index < -0.39 is 0 Å². The minimum atomic E-state index is 0.206. The van der Waals surface area contributed by atoms with Crippen LogP contribution in [-0.4, -0.2) is 10.3 Å². The maximum absolute atomic E-state index is 9.00. The fourth-order valence-corrected chi connectivity index (χ4v) is 0.896. The van der Waals surface area contributed by atoms with Gasteiger partial charge in [-0.25, -0.2) is 0 Å². The summed E-state index contributed by atoms with van der Waals surface area (Å²) in [4.78, 5) is 0. The Kier molecular flexibility index (Phi) is 1.88. The molecular formula is C9H7NO3. The molecule has 0 saturated carbocycles. The van der Waals surface area contributed by atoms with E-state index in [2.05, 4.69) is 9.68 Å². The van der Waals surface area contributed by atoms with Crippen molar-refractivity contribution in [2.75, 3.05) is 0 Å². The maximum atomic E-state index is 9.00. The molecule has 2 rings (SSSR count). The number of aromatic hydroxyl groups is 1. The van der Waals surface area contributed by atoms with Crippen molar-refractivity contribution in [1.82, 2.24) is 5.16 Å². The molecule has 0 saturated heterocycles. The Bertz CT molecular complexity index is 366. The molecule has 1 N–H and O–H groups in total. The summed E-state index contributed by atoms with van der Waals surface area (Å²) in [5, 5.41) is 12.5. The van der Waals surface area contributed by atoms with Crippen molar-refractivity contribution in [2.45, 2.75) is 0 Å². The van der Waals surface area contributed by atoms with Crippen LogP contribution in [0.25, 0.3) is 0 Å². The molecule has 1 aromatic carbocycles. The summed E-state index contributed by atoms with van der Waals surface area (Å²) in [6.45, 7) is 0. The fourth-order valence-electron chi connectivity index (χ4n) is 0.896. The first-order valence-corrected chi connectivity index (χ1v) is 3.71. The number of phenolic OH excluding ortho intramolecular Hbond substituents is 1. The van der Waals surface area contributed by atoms with E-state index >= 15 is 0 Å². The molecule has 0 amide bonds. The van der Waals surface area contributed by atoms with Crippen LogP contribution in [0.2, 0.25) is 0 Å². The van der Waals surface area contributed by atoms with Crippen LogP contribution < -0.4 is 4.74 Å². The first-order valence-electron chi connectivity index (χ1n) is 3.71. The molecule has 4 nitrogen and oxygen atoms in total. The summed E-state index contributed by atoms with van der Waals surface area (Å²) < 4.78 is 9.89. The smallest absolute Gasteiger partial charge is 0.186 e. The maximum Gasteiger partial charge on any atom is 0.186 e. The molecule has 4 heteroatoms. The third-order valence-corrected chi connectivity index (χ3v) is 1.48. The lowest BCUT2D eigenvalue weighted by Gasteiger charge is -2.00. The van der Waals surface area contributed by atoms with E-state index in [0.29, 0.717) is 11.5 Å². The van der Waals surface area contributed by atoms with Gasteiger partial charge in [0, 0.05) is 0 Å². The Morgan fingerprint density at radius 2 is 1.92 bits per heavy atom. The van der Waals surface area contributed by atoms with Gasteiger partial charge in [-0.1, -0.05) is 5.16 Å². The van der Waals surface area contributed by atoms with Crippen LogP contribution in [0.1, 0.15) is 0 Å². The second kappa shape index (κ2) is 3.18. The number of rotatable bonds is 2. The number of hydrogen-bond acceptors (Lipinski definition) is 4. The number of ether oxygens (including phenoxy) is 1. The van der Waals surface area contributed by atoms with Crippen LogP contribution in [0.5, 0.6) is 17.2 Å². The Labute approximate surface area is 74.4 Å². The Morgan fingerprint density at radius 1 is 1.15 bits per heavy atom. The third kappa shape index (κ3) is 1.79. The first-order chi connectivity index (χ1) is 6.34. The quantitative estimate of drug-likeness (QED) is 0.763. The second-order valence-electron chi connectivity index (χ2n) is 2.46. The molecule has 0 aliphatic rings. The normalized spacial score (nSPS) is 9.85. The molecule has 0 aliphatic heterocycles. The van der Waals surface area contributed by atoms with Gasteiger partial charge in [0.25, 0.3) is 0 Å². The zero-order valence-electron chi connectivity index (χ0n) is 6.68. The zero-order chi connectivity index (χ0) is 9.10. The van der Waals surface area contributed by atoms with E-state index in [9.17, 15) is 0 Å². The van der Waals surface area contributed by atoms with E-state index in [4.69, 9.17) is 9.84 Å². The number of phenols is 1. The van der Waals surface area contributed by atoms with Gasteiger partial charge in [0.2, 0.25) is 0 Å². The van der Waals surface area contributed by atoms with Crippen molar-refractivity contribution >= 4 is 0 Å². The SMILES string of the molecule is Oc1ccc(Oc2cnoc2)cc1. The van der Waals surface area contributed by atoms with E-state index in [1.807, 2.05) is 0 Å². The topological polar surface area (TPSA) is 55.5 Å². The summed E-state index contributed by atoms with van der Waals surface area (Å²) in [5.74, 6) is 1.37. The molecule has 1 aromatic heterocycles. The van der Waals surface area contributed by atoms with Crippen LogP contribution in [0.15, 0.2) is 41.2 Å². The highest BCUT2D eigenvalue weighted by Crippen LogP contribution is 2.22. The highest BCUT2D eigenvalue weighted by atomic mass is 16.5. The van der Waals surface area contributed by atoms with Gasteiger partial charge in [0.15, 0.2) is 12.0 Å². The molecule has 0 bridgehead atoms. The van der Waals surface area contributed by atoms with Gasteiger partial charge in [-0.3, -0.25) is 0 Å². The van der Waals surface area contributed by atoms with E-state index in [0.717, 1.165) is 0 Å². The lowest BCUT2D eigenvalue weighted by atomic mass is 10.3. The van der Waals surface area contributed by atoms with Crippen LogP contribution in [0.3, 0.4) is 0 Å². The van der Waals surface area contributed by atoms with Crippen molar-refractivity contribution in [3.8, 4) is 17.2 Å². The summed E-state index contributed by atoms with van der Waals surface area (Å²) in [7, 11) is 0. The van der Waals surface area contributed by atoms with E-state index in [-0.39, 0.29) is 5.75 Å². The summed E-state index contributed by atoms with van der Waals surface area (Å²) in [6.07, 6.45) is 2.86. The molecule has 0 fully saturated rings. The minimum absolute atomic E-state index is 0.206. The Hall–Kier alpha value is -1.97. The van der Waals surface area contributed by atoms with Gasteiger partial charge in [-0.05, 0) is 24.3 Å². The highest BCUT2D eigenvalue weighted by molar-refractivity contribution is 5.32. The molecule has 0 unspecified atom stereocenters. The fraction of sp³-hybridized carbons (Fsp3) is 0. The second-order valence-corrected chi connectivity index (χ2v) is 2.46. The van der Waals surface area contributed by atoms with Gasteiger partial charge in [0.05, 0.1) is 0 Å². The Morgan fingerprint density at radius 3 is 2.54 bits per heavy atom. The number of nitrogens with zero attached hydrogens (tertiary/aromatic N) is 1. The molecule has 0 aliphatic carbocycles. The first kappa shape index (κ1) is 7.67. The van der Waals surface area contributed by atoms with Crippen molar-refractivity contribution in [2.24, 2.45) is 0 Å². The van der Waals surface area contributed by atoms with Gasteiger partial charge >= 0.3 is 0 Å². The average Bonchev–Trinajstić information content (AvgIpc) is 2.62. The summed E-state index contributed by atoms with van der Waals surface area (Å²) >= 11 is 0. The minimum Gasteiger partial charge on any atom is -0.508 e. The van der Waals surface area contributed by atoms with E-state index in [1.54, 1.807) is 24.3 Å². The van der Waals surface area contributed by atoms with Crippen molar-refractivity contribution in [3.63, 3.8) is 0 Å². The predicted octanol–water partition coefficient (Wildman–Crippen LogP) is 2.17. The lowest BCUT2D eigenvalue weighted by molar-refractivity contribution is 0.409. The van der Waals surface area contributed by atoms with E-state index in [1.165, 1.54) is 12.5 Å². The largest absolute Gasteiger partial charge is 0.508 e. The summed E-state index contributed by atoms with van der Waals surface area (Å²) in [5.41, 5.74) is 0. The standard InChI is InChI=1S/C9H7NO3/c11-7-1-3-8(4-2-7)13-9-5-10-12-6-9/h1-6,11H. The monoisotopic (exact) mass is 177 g/mol. The third-order valence-electron chi connectivity index (χ3n) is 1.48. The average molecular weight is 177 g/mol. The summed E-state index contributed by atoms with van der Waals surface area (Å²) in [6, 6.07) is 6.40. The van der Waals surface area contributed by atoms with Crippen LogP contribution >= 0.6 is 0 Å². The lowest BCUT2D eigenvalue weighted by Crippen LogP contribution is -1.79. The van der Waals surface area contributed by atoms with Crippen LogP contribution in [0, 0.1) is 0 Å². The van der Waals surface area contributed by atoms with Gasteiger partial charge < -0.3 is 14.4 Å². The molecule has 0 radical (unpaired) electrons. The molecule has 66 valence electrons. The number of aromatic nitrogens is 1. The predicted molar refractivity (Wildman–Crippen MR) is 44.7 cm³/mol. The van der Waals surface area contributed by atoms with Crippen molar-refractivity contribution < 1.29 is 14.4 Å². The molecular weight excluding hydrogens is 170 g/mol. The molecule has 0 atom stereocenters. The Balaban J connectivity index is 2.15. The zero-order valence-corrected chi connectivity index (χ0v) is 6.68. The molecule has 13 heavy (non-hydrogen) atoms. The van der Waals surface area contributed by atoms with Crippen LogP contribution in [0.4, 0.5) is 0 Å². The van der Waals surface area contributed by atoms with Gasteiger partial charge in [-0.2, -0.15) is 0 Å². The van der Waals surface area contributed by atoms with Crippen molar-refractivity contribution in [1.29, 1.82) is 0 Å². The molecule has 2 aromatic rings. The molecule has 0 spiro atoms. The van der Waals surface area contributed by atoms with Gasteiger partial charge in [-0.15, -0.1) is 0 Å². The van der Waals surface area contributed by atoms with Crippen molar-refractivity contribution in [3.05, 3.63) is 36.7 Å². The number of hydrogen-bond donors (Lipinski definition) is 1.